The minimum absolute atomic E-state index is 0.276. The van der Waals surface area contributed by atoms with Gasteiger partial charge >= 0.3 is 6.09 Å². The highest BCUT2D eigenvalue weighted by Crippen LogP contribution is 2.30. The molecule has 1 saturated heterocycles. The zero-order valence-corrected chi connectivity index (χ0v) is 17.4. The molecule has 0 radical (unpaired) electrons. The summed E-state index contributed by atoms with van der Waals surface area (Å²) in [4.78, 5) is 14.5. The van der Waals surface area contributed by atoms with Crippen LogP contribution in [0, 0.1) is 11.8 Å². The fourth-order valence-corrected chi connectivity index (χ4v) is 3.54. The minimum Gasteiger partial charge on any atom is -0.444 e. The standard InChI is InChI=1S/C22H35NO4/c1-6-17-12-19(16-26-15-18-10-8-7-9-11-18)13-20(25-5)23(14-17)21(24)27-22(2,3)4/h7-11,17,19-20H,6,12-16H2,1-5H3/t17-,19-,20?/m1/s1. The number of carbonyl (C=O) groups is 1. The SMILES string of the molecule is CC[C@@H]1C[C@@H](COCc2ccccc2)CC(OC)N(C(=O)OC(C)(C)C)C1. The molecule has 5 nitrogen and oxygen atoms in total. The van der Waals surface area contributed by atoms with E-state index >= 15 is 0 Å². The molecule has 3 atom stereocenters. The number of hydrogen-bond donors (Lipinski definition) is 0. The van der Waals surface area contributed by atoms with E-state index in [-0.39, 0.29) is 12.3 Å². The Labute approximate surface area is 164 Å². The topological polar surface area (TPSA) is 48.0 Å². The molecule has 1 heterocycles. The zero-order chi connectivity index (χ0) is 19.9. The Morgan fingerprint density at radius 2 is 1.85 bits per heavy atom. The summed E-state index contributed by atoms with van der Waals surface area (Å²) in [6, 6.07) is 10.2. The van der Waals surface area contributed by atoms with Gasteiger partial charge in [0, 0.05) is 13.7 Å². The van der Waals surface area contributed by atoms with Gasteiger partial charge in [0.1, 0.15) is 11.8 Å². The van der Waals surface area contributed by atoms with E-state index in [1.807, 2.05) is 39.0 Å². The summed E-state index contributed by atoms with van der Waals surface area (Å²) in [5, 5.41) is 0. The van der Waals surface area contributed by atoms with Crippen LogP contribution in [0.4, 0.5) is 4.79 Å². The average molecular weight is 378 g/mol. The molecule has 1 aliphatic heterocycles. The van der Waals surface area contributed by atoms with Gasteiger partial charge < -0.3 is 14.2 Å². The number of rotatable bonds is 6. The second kappa shape index (κ2) is 10.1. The van der Waals surface area contributed by atoms with Gasteiger partial charge in [0.05, 0.1) is 13.2 Å². The van der Waals surface area contributed by atoms with Crippen LogP contribution in [-0.2, 0) is 20.8 Å². The van der Waals surface area contributed by atoms with Gasteiger partial charge in [0.25, 0.3) is 0 Å². The molecule has 0 N–H and O–H groups in total. The maximum absolute atomic E-state index is 12.7. The molecular weight excluding hydrogens is 342 g/mol. The smallest absolute Gasteiger partial charge is 0.412 e. The van der Waals surface area contributed by atoms with Crippen LogP contribution in [0.5, 0.6) is 0 Å². The van der Waals surface area contributed by atoms with Crippen LogP contribution in [0.1, 0.15) is 52.5 Å². The highest BCUT2D eigenvalue weighted by molar-refractivity contribution is 5.68. The maximum Gasteiger partial charge on any atom is 0.412 e. The van der Waals surface area contributed by atoms with Crippen molar-refractivity contribution in [1.29, 1.82) is 0 Å². The molecule has 1 aromatic carbocycles. The second-order valence-corrected chi connectivity index (χ2v) is 8.44. The Morgan fingerprint density at radius 1 is 1.15 bits per heavy atom. The van der Waals surface area contributed by atoms with E-state index in [9.17, 15) is 4.79 Å². The number of amides is 1. The van der Waals surface area contributed by atoms with E-state index in [1.54, 1.807) is 12.0 Å². The molecule has 27 heavy (non-hydrogen) atoms. The van der Waals surface area contributed by atoms with Crippen molar-refractivity contribution in [3.63, 3.8) is 0 Å². The molecule has 5 heteroatoms. The highest BCUT2D eigenvalue weighted by atomic mass is 16.6. The van der Waals surface area contributed by atoms with E-state index in [1.165, 1.54) is 5.56 Å². The Bertz CT molecular complexity index is 569. The van der Waals surface area contributed by atoms with Crippen molar-refractivity contribution in [2.45, 2.75) is 65.4 Å². The van der Waals surface area contributed by atoms with E-state index in [0.717, 1.165) is 19.3 Å². The van der Waals surface area contributed by atoms with Crippen LogP contribution < -0.4 is 0 Å². The molecule has 0 aromatic heterocycles. The summed E-state index contributed by atoms with van der Waals surface area (Å²) >= 11 is 0. The Kier molecular flexibility index (Phi) is 8.11. The average Bonchev–Trinajstić information content (AvgIpc) is 2.80. The molecule has 1 aliphatic rings. The first kappa shape index (κ1) is 21.7. The zero-order valence-electron chi connectivity index (χ0n) is 17.4. The summed E-state index contributed by atoms with van der Waals surface area (Å²) in [6.07, 6.45) is 2.25. The third kappa shape index (κ3) is 7.15. The lowest BCUT2D eigenvalue weighted by atomic mass is 9.92. The van der Waals surface area contributed by atoms with E-state index in [4.69, 9.17) is 14.2 Å². The fourth-order valence-electron chi connectivity index (χ4n) is 3.54. The van der Waals surface area contributed by atoms with Crippen LogP contribution in [0.3, 0.4) is 0 Å². The van der Waals surface area contributed by atoms with Crippen molar-refractivity contribution in [3.05, 3.63) is 35.9 Å². The van der Waals surface area contributed by atoms with Crippen LogP contribution in [-0.4, -0.2) is 43.1 Å². The number of benzene rings is 1. The first-order valence-corrected chi connectivity index (χ1v) is 9.96. The van der Waals surface area contributed by atoms with E-state index < -0.39 is 5.60 Å². The van der Waals surface area contributed by atoms with Crippen LogP contribution in [0.15, 0.2) is 30.3 Å². The first-order valence-electron chi connectivity index (χ1n) is 9.96. The van der Waals surface area contributed by atoms with Gasteiger partial charge in [-0.3, -0.25) is 4.90 Å². The van der Waals surface area contributed by atoms with Crippen molar-refractivity contribution in [1.82, 2.24) is 4.90 Å². The number of nitrogens with zero attached hydrogens (tertiary/aromatic N) is 1. The molecule has 0 bridgehead atoms. The lowest BCUT2D eigenvalue weighted by Gasteiger charge is -2.32. The number of methoxy groups -OCH3 is 1. The second-order valence-electron chi connectivity index (χ2n) is 8.44. The summed E-state index contributed by atoms with van der Waals surface area (Å²) in [5.41, 5.74) is 0.665. The third-order valence-corrected chi connectivity index (χ3v) is 4.95. The van der Waals surface area contributed by atoms with Crippen molar-refractivity contribution < 1.29 is 19.0 Å². The van der Waals surface area contributed by atoms with Crippen molar-refractivity contribution >= 4 is 6.09 Å². The quantitative estimate of drug-likeness (QED) is 0.711. The molecule has 1 amide bonds. The largest absolute Gasteiger partial charge is 0.444 e. The molecule has 0 spiro atoms. The first-order chi connectivity index (χ1) is 12.8. The van der Waals surface area contributed by atoms with Crippen molar-refractivity contribution in [3.8, 4) is 0 Å². The van der Waals surface area contributed by atoms with Gasteiger partial charge in [-0.2, -0.15) is 0 Å². The summed E-state index contributed by atoms with van der Waals surface area (Å²) in [7, 11) is 1.66. The minimum atomic E-state index is -0.512. The molecule has 152 valence electrons. The van der Waals surface area contributed by atoms with Gasteiger partial charge in [-0.25, -0.2) is 4.79 Å². The Hall–Kier alpha value is -1.59. The summed E-state index contributed by atoms with van der Waals surface area (Å²) < 4.78 is 17.3. The van der Waals surface area contributed by atoms with E-state index in [0.29, 0.717) is 31.6 Å². The van der Waals surface area contributed by atoms with Gasteiger partial charge in [-0.15, -0.1) is 0 Å². The number of likely N-dealkylation sites (tertiary alicyclic amines) is 1. The van der Waals surface area contributed by atoms with Gasteiger partial charge in [-0.05, 0) is 51.0 Å². The normalized spacial score (nSPS) is 23.7. The Balaban J connectivity index is 1.99. The molecule has 1 fully saturated rings. The van der Waals surface area contributed by atoms with Crippen molar-refractivity contribution in [2.24, 2.45) is 11.8 Å². The molecule has 2 rings (SSSR count). The van der Waals surface area contributed by atoms with Crippen LogP contribution >= 0.6 is 0 Å². The highest BCUT2D eigenvalue weighted by Gasteiger charge is 2.35. The lowest BCUT2D eigenvalue weighted by Crippen LogP contribution is -2.45. The van der Waals surface area contributed by atoms with Crippen LogP contribution in [0.25, 0.3) is 0 Å². The van der Waals surface area contributed by atoms with Gasteiger partial charge in [-0.1, -0.05) is 43.7 Å². The van der Waals surface area contributed by atoms with Crippen LogP contribution in [0.2, 0.25) is 0 Å². The van der Waals surface area contributed by atoms with E-state index in [2.05, 4.69) is 19.1 Å². The Morgan fingerprint density at radius 3 is 2.44 bits per heavy atom. The summed E-state index contributed by atoms with van der Waals surface area (Å²) in [5.74, 6) is 0.777. The molecular formula is C22H35NO4. The predicted molar refractivity (Wildman–Crippen MR) is 106 cm³/mol. The third-order valence-electron chi connectivity index (χ3n) is 4.95. The molecule has 0 saturated carbocycles. The fraction of sp³-hybridized carbons (Fsp3) is 0.682. The molecule has 1 unspecified atom stereocenters. The predicted octanol–water partition coefficient (Wildman–Crippen LogP) is 4.85. The maximum atomic E-state index is 12.7. The number of hydrogen-bond acceptors (Lipinski definition) is 4. The number of carbonyl (C=O) groups excluding carboxylic acids is 1. The lowest BCUT2D eigenvalue weighted by molar-refractivity contribution is -0.0581. The molecule has 0 aliphatic carbocycles. The van der Waals surface area contributed by atoms with Gasteiger partial charge in [0.2, 0.25) is 0 Å². The number of ether oxygens (including phenoxy) is 3. The summed E-state index contributed by atoms with van der Waals surface area (Å²) in [6.45, 7) is 9.80. The van der Waals surface area contributed by atoms with Crippen molar-refractivity contribution in [2.75, 3.05) is 20.3 Å². The van der Waals surface area contributed by atoms with Gasteiger partial charge in [0.15, 0.2) is 0 Å². The molecule has 1 aromatic rings. The monoisotopic (exact) mass is 377 g/mol.